The van der Waals surface area contributed by atoms with Crippen LogP contribution in [-0.4, -0.2) is 62.9 Å². The number of halogens is 1. The van der Waals surface area contributed by atoms with Gasteiger partial charge in [0.2, 0.25) is 0 Å². The van der Waals surface area contributed by atoms with Crippen LogP contribution in [0, 0.1) is 11.2 Å². The maximum atomic E-state index is 15.7. The number of thioether (sulfide) groups is 1. The Morgan fingerprint density at radius 2 is 2.11 bits per heavy atom. The number of carbonyl (C=O) groups is 1. The van der Waals surface area contributed by atoms with Gasteiger partial charge in [-0.3, -0.25) is 10.4 Å². The van der Waals surface area contributed by atoms with Crippen molar-refractivity contribution in [1.82, 2.24) is 14.8 Å². The van der Waals surface area contributed by atoms with Crippen LogP contribution in [0.15, 0.2) is 46.1 Å². The zero-order valence-corrected chi connectivity index (χ0v) is 21.0. The number of nitrogens with two attached hydrogens (primary N) is 1. The first-order valence-electron chi connectivity index (χ1n) is 11.3. The van der Waals surface area contributed by atoms with Crippen molar-refractivity contribution in [2.24, 2.45) is 5.73 Å². The number of allylic oxidation sites excluding steroid dienone is 1. The number of carboxylic acid groups (broad SMARTS) is 1. The molecule has 12 nitrogen and oxygen atoms in total. The molecule has 0 aliphatic carbocycles. The topological polar surface area (TPSA) is 189 Å². The van der Waals surface area contributed by atoms with Crippen molar-refractivity contribution in [1.29, 1.82) is 5.41 Å². The van der Waals surface area contributed by atoms with Crippen LogP contribution in [0.3, 0.4) is 0 Å². The lowest BCUT2D eigenvalue weighted by molar-refractivity contribution is -0.131. The van der Waals surface area contributed by atoms with Gasteiger partial charge in [0.1, 0.15) is 29.1 Å². The summed E-state index contributed by atoms with van der Waals surface area (Å²) in [6.07, 6.45) is 0.313. The molecule has 0 bridgehead atoms. The fraction of sp³-hybridized carbons (Fsp3) is 0.250. The number of aliphatic hydroxyl groups is 1. The van der Waals surface area contributed by atoms with Gasteiger partial charge in [-0.25, -0.2) is 14.0 Å². The number of ether oxygens (including phenoxy) is 2. The number of benzene rings is 2. The third-order valence-electron chi connectivity index (χ3n) is 5.65. The van der Waals surface area contributed by atoms with Crippen molar-refractivity contribution < 1.29 is 28.9 Å². The molecule has 1 aromatic heterocycles. The summed E-state index contributed by atoms with van der Waals surface area (Å²) in [5.74, 6) is -1.53. The minimum atomic E-state index is -1.16. The van der Waals surface area contributed by atoms with Crippen molar-refractivity contribution in [3.05, 3.63) is 74.6 Å². The third-order valence-corrected chi connectivity index (χ3v) is 6.76. The average Bonchev–Trinajstić information content (AvgIpc) is 3.54. The minimum Gasteiger partial charge on any atom is -0.497 e. The van der Waals surface area contributed by atoms with Gasteiger partial charge in [0.25, 0.3) is 0 Å². The highest BCUT2D eigenvalue weighted by Gasteiger charge is 2.29. The Bertz CT molecular complexity index is 1450. The molecule has 1 aliphatic heterocycles. The van der Waals surface area contributed by atoms with E-state index in [2.05, 4.69) is 15.4 Å². The van der Waals surface area contributed by atoms with Gasteiger partial charge in [-0.05, 0) is 30.3 Å². The third kappa shape index (κ3) is 5.50. The molecule has 14 heteroatoms. The van der Waals surface area contributed by atoms with Crippen LogP contribution < -0.4 is 26.2 Å². The van der Waals surface area contributed by atoms with Crippen molar-refractivity contribution in [2.75, 3.05) is 31.4 Å². The number of nitrogens with one attached hydrogen (secondary N) is 3. The van der Waals surface area contributed by atoms with Gasteiger partial charge >= 0.3 is 11.7 Å². The maximum absolute atomic E-state index is 15.7. The number of amidine groups is 1. The summed E-state index contributed by atoms with van der Waals surface area (Å²) in [5, 5.41) is 33.7. The molecule has 3 aromatic rings. The predicted molar refractivity (Wildman–Crippen MR) is 139 cm³/mol. The van der Waals surface area contributed by atoms with Crippen LogP contribution >= 0.6 is 11.8 Å². The Hall–Kier alpha value is -4.30. The molecule has 7 N–H and O–H groups in total. The summed E-state index contributed by atoms with van der Waals surface area (Å²) in [6, 6.07) is 8.09. The first kappa shape index (κ1) is 26.8. The Labute approximate surface area is 219 Å². The van der Waals surface area contributed by atoms with E-state index in [9.17, 15) is 14.7 Å². The van der Waals surface area contributed by atoms with Crippen LogP contribution in [0.5, 0.6) is 11.5 Å². The number of rotatable bonds is 11. The molecule has 4 rings (SSSR count). The number of aromatic amines is 1. The van der Waals surface area contributed by atoms with E-state index >= 15 is 4.39 Å². The van der Waals surface area contributed by atoms with Crippen LogP contribution in [0.2, 0.25) is 0 Å². The van der Waals surface area contributed by atoms with Crippen LogP contribution in [-0.2, 0) is 4.79 Å². The molecular formula is C24H25FN6O6S. The molecule has 200 valence electrons. The van der Waals surface area contributed by atoms with E-state index in [4.69, 9.17) is 25.7 Å². The zero-order valence-electron chi connectivity index (χ0n) is 20.2. The lowest BCUT2D eigenvalue weighted by atomic mass is 10.0. The monoisotopic (exact) mass is 544 g/mol. The van der Waals surface area contributed by atoms with Crippen molar-refractivity contribution in [3.63, 3.8) is 0 Å². The molecule has 1 atom stereocenters. The Kier molecular flexibility index (Phi) is 8.02. The molecule has 0 radical (unpaired) electrons. The number of hydrogen-bond acceptors (Lipinski definition) is 9. The van der Waals surface area contributed by atoms with Gasteiger partial charge in [-0.1, -0.05) is 0 Å². The van der Waals surface area contributed by atoms with Gasteiger partial charge < -0.3 is 30.7 Å². The van der Waals surface area contributed by atoms with E-state index in [1.807, 2.05) is 0 Å². The second-order valence-corrected chi connectivity index (χ2v) is 9.18. The highest BCUT2D eigenvalue weighted by Crippen LogP contribution is 2.36. The van der Waals surface area contributed by atoms with E-state index in [0.29, 0.717) is 23.4 Å². The number of aliphatic carboxylic acids is 1. The summed E-state index contributed by atoms with van der Waals surface area (Å²) in [7, 11) is 1.39. The fourth-order valence-corrected chi connectivity index (χ4v) is 4.85. The molecule has 0 amide bonds. The SMILES string of the molecule is COc1cc(OCCO)c(F)c(C(Nc2ccc(C(=N)N)cc2)c2nn(C3=C(C(=O)O)SCC3)c(=O)[nH]2)c1. The van der Waals surface area contributed by atoms with Crippen molar-refractivity contribution in [3.8, 4) is 11.5 Å². The highest BCUT2D eigenvalue weighted by molar-refractivity contribution is 8.04. The number of nitrogen functional groups attached to an aromatic ring is 1. The summed E-state index contributed by atoms with van der Waals surface area (Å²) in [5.41, 5.74) is 6.04. The Morgan fingerprint density at radius 3 is 2.74 bits per heavy atom. The van der Waals surface area contributed by atoms with Gasteiger partial charge in [0.15, 0.2) is 17.4 Å². The molecule has 1 aliphatic rings. The quantitative estimate of drug-likeness (QED) is 0.154. The number of aromatic nitrogens is 3. The van der Waals surface area contributed by atoms with Gasteiger partial charge in [0, 0.05) is 35.1 Å². The second kappa shape index (κ2) is 11.4. The van der Waals surface area contributed by atoms with Crippen LogP contribution in [0.4, 0.5) is 10.1 Å². The smallest absolute Gasteiger partial charge is 0.347 e. The first-order valence-corrected chi connectivity index (χ1v) is 12.3. The van der Waals surface area contributed by atoms with E-state index in [1.165, 1.54) is 19.2 Å². The van der Waals surface area contributed by atoms with Crippen LogP contribution in [0.1, 0.15) is 29.4 Å². The minimum absolute atomic E-state index is 0.0000412. The molecule has 0 saturated heterocycles. The summed E-state index contributed by atoms with van der Waals surface area (Å²) < 4.78 is 27.4. The molecule has 2 heterocycles. The average molecular weight is 545 g/mol. The summed E-state index contributed by atoms with van der Waals surface area (Å²) in [6.45, 7) is -0.504. The number of anilines is 1. The second-order valence-electron chi connectivity index (χ2n) is 8.08. The van der Waals surface area contributed by atoms with E-state index in [-0.39, 0.29) is 52.5 Å². The molecule has 0 spiro atoms. The van der Waals surface area contributed by atoms with Gasteiger partial charge in [0.05, 0.1) is 19.4 Å². The fourth-order valence-electron chi connectivity index (χ4n) is 3.88. The van der Waals surface area contributed by atoms with Crippen molar-refractivity contribution in [2.45, 2.75) is 12.5 Å². The molecule has 1 unspecified atom stereocenters. The number of nitrogens with zero attached hydrogens (tertiary/aromatic N) is 2. The largest absolute Gasteiger partial charge is 0.497 e. The van der Waals surface area contributed by atoms with Gasteiger partial charge in [-0.15, -0.1) is 16.9 Å². The number of carboxylic acids is 1. The summed E-state index contributed by atoms with van der Waals surface area (Å²) in [4.78, 5) is 27.2. The number of H-pyrrole nitrogens is 1. The van der Waals surface area contributed by atoms with Crippen molar-refractivity contribution >= 4 is 35.0 Å². The Morgan fingerprint density at radius 1 is 1.37 bits per heavy atom. The van der Waals surface area contributed by atoms with E-state index < -0.39 is 23.5 Å². The molecule has 0 fully saturated rings. The number of hydrogen-bond donors (Lipinski definition) is 6. The normalized spacial score (nSPS) is 13.9. The number of aliphatic hydroxyl groups excluding tert-OH is 1. The molecule has 38 heavy (non-hydrogen) atoms. The van der Waals surface area contributed by atoms with Gasteiger partial charge in [-0.2, -0.15) is 4.68 Å². The maximum Gasteiger partial charge on any atom is 0.347 e. The first-order chi connectivity index (χ1) is 18.2. The zero-order chi connectivity index (χ0) is 27.4. The highest BCUT2D eigenvalue weighted by atomic mass is 32.2. The molecule has 2 aromatic carbocycles. The standard InChI is InChI=1S/C24H25FN6O6S/c1-36-14-10-15(18(25)17(11-14)37-8-7-32)19(28-13-4-2-12(3-5-13)21(26)27)22-29-24(35)31(30-22)16-6-9-38-20(16)23(33)34/h2-5,10-11,19,28,32H,6-9H2,1H3,(H3,26,27)(H,33,34)(H,29,30,35). The lowest BCUT2D eigenvalue weighted by Crippen LogP contribution is -2.18. The lowest BCUT2D eigenvalue weighted by Gasteiger charge is -2.21. The number of methoxy groups -OCH3 is 1. The summed E-state index contributed by atoms with van der Waals surface area (Å²) >= 11 is 1.11. The molecular weight excluding hydrogens is 519 g/mol. The van der Waals surface area contributed by atoms with E-state index in [0.717, 1.165) is 16.4 Å². The predicted octanol–water partition coefficient (Wildman–Crippen LogP) is 1.97. The van der Waals surface area contributed by atoms with E-state index in [1.54, 1.807) is 24.3 Å². The Balaban J connectivity index is 1.85. The molecule has 0 saturated carbocycles. The van der Waals surface area contributed by atoms with Crippen LogP contribution in [0.25, 0.3) is 5.70 Å².